The molecule has 0 saturated carbocycles. The molecule has 0 unspecified atom stereocenters. The van der Waals surface area contributed by atoms with Crippen LogP contribution in [0.15, 0.2) is 16.9 Å². The van der Waals surface area contributed by atoms with Gasteiger partial charge in [-0.1, -0.05) is 0 Å². The van der Waals surface area contributed by atoms with Gasteiger partial charge in [-0.25, -0.2) is 0 Å². The average Bonchev–Trinajstić information content (AvgIpc) is 2.48. The van der Waals surface area contributed by atoms with Crippen molar-refractivity contribution in [1.82, 2.24) is 4.98 Å². The Kier molecular flexibility index (Phi) is 5.89. The predicted molar refractivity (Wildman–Crippen MR) is 81.7 cm³/mol. The van der Waals surface area contributed by atoms with Gasteiger partial charge in [-0.15, -0.1) is 0 Å². The number of nitro groups is 1. The molecule has 1 aromatic rings. The number of halogens is 1. The molecular weight excluding hydrogens is 342 g/mol. The number of aromatic nitrogens is 1. The number of hydrogen-bond donors (Lipinski definition) is 0. The van der Waals surface area contributed by atoms with Crippen molar-refractivity contribution in [2.75, 3.05) is 38.3 Å². The zero-order chi connectivity index (χ0) is 15.2. The van der Waals surface area contributed by atoms with Crippen LogP contribution in [0.5, 0.6) is 0 Å². The molecule has 0 spiro atoms. The van der Waals surface area contributed by atoms with Gasteiger partial charge in [-0.05, 0) is 28.8 Å². The molecular formula is C13H18BrN3O4. The second kappa shape index (κ2) is 7.67. The third kappa shape index (κ3) is 4.12. The van der Waals surface area contributed by atoms with Crippen LogP contribution in [0, 0.1) is 10.1 Å². The molecule has 0 N–H and O–H groups in total. The van der Waals surface area contributed by atoms with Crippen molar-refractivity contribution in [2.45, 2.75) is 18.9 Å². The average molecular weight is 360 g/mol. The molecule has 0 bridgehead atoms. The zero-order valence-corrected chi connectivity index (χ0v) is 13.4. The molecule has 1 aliphatic heterocycles. The molecule has 21 heavy (non-hydrogen) atoms. The second-order valence-corrected chi connectivity index (χ2v) is 5.65. The lowest BCUT2D eigenvalue weighted by Gasteiger charge is -2.33. The highest BCUT2D eigenvalue weighted by molar-refractivity contribution is 9.10. The molecule has 116 valence electrons. The van der Waals surface area contributed by atoms with Gasteiger partial charge in [0.15, 0.2) is 0 Å². The fraction of sp³-hybridized carbons (Fsp3) is 0.615. The lowest BCUT2D eigenvalue weighted by molar-refractivity contribution is -0.384. The Morgan fingerprint density at radius 1 is 1.43 bits per heavy atom. The van der Waals surface area contributed by atoms with Crippen LogP contribution >= 0.6 is 15.9 Å². The molecule has 7 nitrogen and oxygen atoms in total. The van der Waals surface area contributed by atoms with Gasteiger partial charge in [-0.2, -0.15) is 0 Å². The van der Waals surface area contributed by atoms with E-state index in [4.69, 9.17) is 9.47 Å². The summed E-state index contributed by atoms with van der Waals surface area (Å²) in [4.78, 5) is 16.6. The first-order valence-corrected chi connectivity index (χ1v) is 7.56. The van der Waals surface area contributed by atoms with E-state index in [1.54, 1.807) is 13.3 Å². The summed E-state index contributed by atoms with van der Waals surface area (Å²) in [6, 6.07) is 0. The minimum atomic E-state index is -0.395. The highest BCUT2D eigenvalue weighted by atomic mass is 79.9. The molecule has 1 aliphatic rings. The Morgan fingerprint density at radius 3 is 2.76 bits per heavy atom. The highest BCUT2D eigenvalue weighted by Crippen LogP contribution is 2.36. The quantitative estimate of drug-likeness (QED) is 0.440. The Labute approximate surface area is 131 Å². The van der Waals surface area contributed by atoms with Gasteiger partial charge < -0.3 is 14.4 Å². The Bertz CT molecular complexity index is 492. The molecule has 1 saturated heterocycles. The lowest BCUT2D eigenvalue weighted by atomic mass is 10.1. The smallest absolute Gasteiger partial charge is 0.311 e. The molecule has 2 rings (SSSR count). The minimum Gasteiger partial charge on any atom is -0.382 e. The van der Waals surface area contributed by atoms with Gasteiger partial charge in [0.1, 0.15) is 11.9 Å². The Hall–Kier alpha value is -1.25. The van der Waals surface area contributed by atoms with E-state index in [0.717, 1.165) is 25.9 Å². The molecule has 0 radical (unpaired) electrons. The van der Waals surface area contributed by atoms with E-state index in [1.807, 2.05) is 4.90 Å². The predicted octanol–water partition coefficient (Wildman–Crippen LogP) is 2.38. The fourth-order valence-electron chi connectivity index (χ4n) is 2.41. The molecule has 0 aliphatic carbocycles. The van der Waals surface area contributed by atoms with Gasteiger partial charge in [0.25, 0.3) is 0 Å². The van der Waals surface area contributed by atoms with E-state index in [0.29, 0.717) is 23.4 Å². The van der Waals surface area contributed by atoms with Crippen molar-refractivity contribution < 1.29 is 14.4 Å². The van der Waals surface area contributed by atoms with E-state index >= 15 is 0 Å². The van der Waals surface area contributed by atoms with Crippen LogP contribution in [0.3, 0.4) is 0 Å². The van der Waals surface area contributed by atoms with Crippen molar-refractivity contribution in [3.05, 3.63) is 27.0 Å². The van der Waals surface area contributed by atoms with Crippen molar-refractivity contribution >= 4 is 27.3 Å². The largest absolute Gasteiger partial charge is 0.382 e. The summed E-state index contributed by atoms with van der Waals surface area (Å²) < 4.78 is 11.3. The molecule has 1 fully saturated rings. The number of rotatable bonds is 6. The van der Waals surface area contributed by atoms with Crippen LogP contribution in [-0.2, 0) is 9.47 Å². The Balaban J connectivity index is 2.01. The first kappa shape index (κ1) is 16.1. The second-order valence-electron chi connectivity index (χ2n) is 4.80. The van der Waals surface area contributed by atoms with Crippen LogP contribution in [0.1, 0.15) is 12.8 Å². The molecule has 0 aromatic carbocycles. The standard InChI is InChI=1S/C13H18BrN3O4/c1-20-6-7-21-10-2-4-16(5-3-10)13-11(14)8-15-9-12(13)17(18)19/h8-10H,2-7H2,1H3. The van der Waals surface area contributed by atoms with Gasteiger partial charge in [0.05, 0.1) is 28.7 Å². The van der Waals surface area contributed by atoms with Crippen molar-refractivity contribution in [3.8, 4) is 0 Å². The number of anilines is 1. The monoisotopic (exact) mass is 359 g/mol. The van der Waals surface area contributed by atoms with E-state index in [9.17, 15) is 10.1 Å². The molecule has 8 heteroatoms. The molecule has 0 amide bonds. The maximum absolute atomic E-state index is 11.1. The van der Waals surface area contributed by atoms with Crippen LogP contribution in [0.25, 0.3) is 0 Å². The topological polar surface area (TPSA) is 77.7 Å². The van der Waals surface area contributed by atoms with Crippen LogP contribution in [-0.4, -0.2) is 49.4 Å². The van der Waals surface area contributed by atoms with Crippen molar-refractivity contribution in [3.63, 3.8) is 0 Å². The summed E-state index contributed by atoms with van der Waals surface area (Å²) in [5, 5.41) is 11.1. The van der Waals surface area contributed by atoms with E-state index in [1.165, 1.54) is 6.20 Å². The Morgan fingerprint density at radius 2 is 2.14 bits per heavy atom. The number of ether oxygens (including phenoxy) is 2. The summed E-state index contributed by atoms with van der Waals surface area (Å²) in [5.74, 6) is 0. The van der Waals surface area contributed by atoms with Gasteiger partial charge >= 0.3 is 5.69 Å². The number of pyridine rings is 1. The van der Waals surface area contributed by atoms with E-state index in [-0.39, 0.29) is 11.8 Å². The van der Waals surface area contributed by atoms with Gasteiger partial charge in [0, 0.05) is 26.4 Å². The summed E-state index contributed by atoms with van der Waals surface area (Å²) in [6.45, 7) is 2.62. The zero-order valence-electron chi connectivity index (χ0n) is 11.8. The van der Waals surface area contributed by atoms with Crippen molar-refractivity contribution in [1.29, 1.82) is 0 Å². The van der Waals surface area contributed by atoms with Gasteiger partial charge in [-0.3, -0.25) is 15.1 Å². The lowest BCUT2D eigenvalue weighted by Crippen LogP contribution is -2.38. The number of methoxy groups -OCH3 is 1. The van der Waals surface area contributed by atoms with Crippen LogP contribution in [0.2, 0.25) is 0 Å². The number of hydrogen-bond acceptors (Lipinski definition) is 6. The molecule has 2 heterocycles. The molecule has 0 atom stereocenters. The van der Waals surface area contributed by atoms with E-state index < -0.39 is 4.92 Å². The third-order valence-corrected chi connectivity index (χ3v) is 4.03. The number of nitrogens with zero attached hydrogens (tertiary/aromatic N) is 3. The summed E-state index contributed by atoms with van der Waals surface area (Å²) >= 11 is 3.36. The van der Waals surface area contributed by atoms with E-state index in [2.05, 4.69) is 20.9 Å². The van der Waals surface area contributed by atoms with Crippen LogP contribution < -0.4 is 4.90 Å². The van der Waals surface area contributed by atoms with Gasteiger partial charge in [0.2, 0.25) is 0 Å². The minimum absolute atomic E-state index is 0.0307. The van der Waals surface area contributed by atoms with Crippen molar-refractivity contribution in [2.24, 2.45) is 0 Å². The summed E-state index contributed by atoms with van der Waals surface area (Å²) in [7, 11) is 1.64. The maximum atomic E-state index is 11.1. The normalized spacial score (nSPS) is 16.2. The first-order chi connectivity index (χ1) is 10.1. The summed E-state index contributed by atoms with van der Waals surface area (Å²) in [5.41, 5.74) is 0.633. The molecule has 1 aromatic heterocycles. The highest BCUT2D eigenvalue weighted by Gasteiger charge is 2.27. The van der Waals surface area contributed by atoms with Crippen LogP contribution in [0.4, 0.5) is 11.4 Å². The maximum Gasteiger partial charge on any atom is 0.311 e. The SMILES string of the molecule is COCCOC1CCN(c2c(Br)cncc2[N+](=O)[O-])CC1. The third-order valence-electron chi connectivity index (χ3n) is 3.45. The number of piperidine rings is 1. The summed E-state index contributed by atoms with van der Waals surface area (Å²) in [6.07, 6.45) is 4.76. The first-order valence-electron chi connectivity index (χ1n) is 6.77. The fourth-order valence-corrected chi connectivity index (χ4v) is 2.98.